The minimum absolute atomic E-state index is 0.0962. The molecule has 1 aliphatic heterocycles. The van der Waals surface area contributed by atoms with Gasteiger partial charge in [0, 0.05) is 72.5 Å². The lowest BCUT2D eigenvalue weighted by Crippen LogP contribution is -2.87. The zero-order chi connectivity index (χ0) is 62.2. The molecule has 1 heterocycles. The van der Waals surface area contributed by atoms with Gasteiger partial charge in [-0.25, -0.2) is 39.1 Å². The molecular weight excluding hydrogens is 1190 g/mol. The van der Waals surface area contributed by atoms with Crippen molar-refractivity contribution < 1.29 is 59.2 Å². The van der Waals surface area contributed by atoms with Gasteiger partial charge >= 0.3 is 0 Å². The van der Waals surface area contributed by atoms with E-state index in [0.717, 1.165) is 125 Å². The second-order valence-corrected chi connectivity index (χ2v) is 35.7. The summed E-state index contributed by atoms with van der Waals surface area (Å²) in [5, 5.41) is 101. The van der Waals surface area contributed by atoms with Gasteiger partial charge in [-0.15, -0.1) is 0 Å². The molecule has 0 saturated heterocycles. The van der Waals surface area contributed by atoms with Crippen LogP contribution in [0.3, 0.4) is 0 Å². The maximum atomic E-state index is 17.1. The molecule has 13 nitrogen and oxygen atoms in total. The van der Waals surface area contributed by atoms with Crippen LogP contribution < -0.4 is 5.32 Å². The molecule has 9 aliphatic carbocycles. The normalized spacial score (nSPS) is 30.9. The Balaban J connectivity index is 1.04. The lowest BCUT2D eigenvalue weighted by molar-refractivity contribution is -0.513. The number of hydrogen-bond donors (Lipinski definition) is 4. The zero-order valence-corrected chi connectivity index (χ0v) is 52.9. The van der Waals surface area contributed by atoms with Crippen molar-refractivity contribution in [2.24, 2.45) is 0 Å². The highest BCUT2D eigenvalue weighted by molar-refractivity contribution is 6.77. The van der Waals surface area contributed by atoms with Crippen LogP contribution in [0, 0.1) is 0 Å². The Bertz CT molecular complexity index is 7810. The van der Waals surface area contributed by atoms with Crippen LogP contribution in [-0.4, -0.2) is 54.8 Å². The highest BCUT2D eigenvalue weighted by Gasteiger charge is 2.97. The first kappa shape index (κ1) is 46.0. The predicted molar refractivity (Wildman–Crippen MR) is 363 cm³/mol. The van der Waals surface area contributed by atoms with Crippen LogP contribution in [0.4, 0.5) is 5.69 Å². The number of ether oxygens (including phenoxy) is 1. The van der Waals surface area contributed by atoms with E-state index < -0.39 is 67.5 Å². The number of hydrogen-bond acceptors (Lipinski definition) is 13. The Morgan fingerprint density at radius 3 is 0.916 bits per heavy atom. The Morgan fingerprint density at radius 2 is 0.547 bits per heavy atom. The van der Waals surface area contributed by atoms with E-state index in [-0.39, 0.29) is 5.57 Å². The van der Waals surface area contributed by atoms with Gasteiger partial charge in [-0.3, -0.25) is 0 Å². The lowest BCUT2D eigenvalue weighted by Gasteiger charge is -2.72. The second-order valence-electron chi connectivity index (χ2n) is 35.7. The third-order valence-corrected chi connectivity index (χ3v) is 27.8. The fourth-order valence-corrected chi connectivity index (χ4v) is 26.9. The van der Waals surface area contributed by atoms with Gasteiger partial charge in [-0.1, -0.05) is 18.2 Å². The molecule has 0 saturated carbocycles. The topological polar surface area (TPSA) is 156 Å². The fourth-order valence-electron chi connectivity index (χ4n) is 26.9. The smallest absolute Gasteiger partial charge is 0.247 e. The van der Waals surface area contributed by atoms with Crippen LogP contribution in [0.5, 0.6) is 0 Å². The summed E-state index contributed by atoms with van der Waals surface area (Å²) in [7, 11) is 0. The van der Waals surface area contributed by atoms with Gasteiger partial charge in [0.05, 0.1) is 22.4 Å². The Labute approximate surface area is 530 Å². The van der Waals surface area contributed by atoms with Crippen LogP contribution in [0.15, 0.2) is 41.5 Å². The van der Waals surface area contributed by atoms with Crippen molar-refractivity contribution in [2.75, 3.05) is 5.32 Å². The van der Waals surface area contributed by atoms with E-state index >= 15 is 15.3 Å². The first-order valence-electron chi connectivity index (χ1n) is 34.0. The van der Waals surface area contributed by atoms with Crippen molar-refractivity contribution in [3.63, 3.8) is 0 Å². The largest absolute Gasteiger partial charge is 0.377 e. The van der Waals surface area contributed by atoms with E-state index in [1.807, 2.05) is 113 Å². The van der Waals surface area contributed by atoms with Crippen LogP contribution in [0.25, 0.3) is 215 Å². The number of fused-ring (bicyclic) bond motifs is 5. The van der Waals surface area contributed by atoms with Gasteiger partial charge in [0.25, 0.3) is 0 Å². The van der Waals surface area contributed by atoms with Crippen molar-refractivity contribution in [1.82, 2.24) is 0 Å². The lowest BCUT2D eigenvalue weighted by atomic mass is 9.43. The molecule has 0 amide bonds. The molecule has 22 aromatic rings. The summed E-state index contributed by atoms with van der Waals surface area (Å²) in [6.07, 6.45) is 0. The van der Waals surface area contributed by atoms with Crippen LogP contribution in [0.2, 0.25) is 0 Å². The highest BCUT2D eigenvalue weighted by atomic mass is 17.2. The molecule has 95 heavy (non-hydrogen) atoms. The van der Waals surface area contributed by atoms with E-state index in [9.17, 15) is 0 Å². The molecule has 450 valence electrons. The van der Waals surface area contributed by atoms with Crippen molar-refractivity contribution in [3.8, 4) is 0 Å². The number of rotatable bonds is 10. The number of nitrogens with one attached hydrogen (secondary N) is 1. The summed E-state index contributed by atoms with van der Waals surface area (Å²) in [6, 6.07) is 9.97. The predicted octanol–water partition coefficient (Wildman–Crippen LogP) is 17.0. The molecule has 22 aromatic carbocycles. The number of benzene rings is 16. The van der Waals surface area contributed by atoms with Gasteiger partial charge in [-0.2, -0.15) is 0 Å². The first-order chi connectivity index (χ1) is 45.3. The first-order valence-corrected chi connectivity index (χ1v) is 34.0. The Morgan fingerprint density at radius 1 is 0.295 bits per heavy atom. The quantitative estimate of drug-likeness (QED) is 0.0445. The van der Waals surface area contributed by atoms with Gasteiger partial charge in [0.1, 0.15) is 0 Å². The standard InChI is InChI=1S/C82H45NO12/c1-71(2,3)88-92-75-59-49-39-29-24-19-20-22-23-21(19)26-32-30(24)40(39)50-52-42(32)45-35(26)37-28(23)38-36-27(22)34-33-25(20)31(29)41-43(33)53-54-44(34)46(36)56-58-48(38)47(37)57-55(45)65-62(52)76(60(50)59,93-89-72(4,5)6)70-69(75)80(85)77(84,63(53)61(75)51(41)49)64(54)66(56)79(95-91-74(10,11)12)68(58)67(57)78(65,94-90-73(7,8)9)81(70,87-82(79,80)86)83-18-16-14-13-15-17-18/h13-17,83-86H,1-12H3/t75-,76+,77-,78+,79-,80-,81-,82-/m1/s1. The maximum absolute atomic E-state index is 17.1. The summed E-state index contributed by atoms with van der Waals surface area (Å²) in [4.78, 5) is 62.1. The molecule has 4 N–H and O–H groups in total. The van der Waals surface area contributed by atoms with E-state index in [0.29, 0.717) is 44.6 Å². The summed E-state index contributed by atoms with van der Waals surface area (Å²) in [5.41, 5.74) is -13.1. The molecule has 8 atom stereocenters. The van der Waals surface area contributed by atoms with Crippen LogP contribution in [-0.2, 0) is 71.8 Å². The van der Waals surface area contributed by atoms with Crippen molar-refractivity contribution in [3.05, 3.63) is 97.1 Å². The summed E-state index contributed by atoms with van der Waals surface area (Å²) in [6.45, 7) is 23.8. The molecule has 0 unspecified atom stereocenters. The molecule has 0 spiro atoms. The van der Waals surface area contributed by atoms with Gasteiger partial charge in [-0.05, 0) is 311 Å². The summed E-state index contributed by atoms with van der Waals surface area (Å²) < 4.78 is 8.89. The third kappa shape index (κ3) is 3.07. The van der Waals surface area contributed by atoms with Crippen LogP contribution in [0.1, 0.15) is 139 Å². The second kappa shape index (κ2) is 10.9. The molecule has 0 aromatic heterocycles. The average molecular weight is 1240 g/mol. The fraction of sp³-hybridized carbons (Fsp3) is 0.293. The van der Waals surface area contributed by atoms with Gasteiger partial charge in [0.2, 0.25) is 22.7 Å². The maximum Gasteiger partial charge on any atom is 0.247 e. The SMILES string of the molecule is CC(C)(C)OO[C@]12C3=C4[C@]5(OOC(C)(C)C)c6c1c1c7c2c2c8c9c%10c%11c%12c%13c%14c%15c%16c%17c(c5c5c6c6c1c1c%18c7c8c7c8c9c%12c9c%12c%13c%16c%13c%16c%17c5c5c6c1c1c(c%187)c(c89)c(c%12%13)c1c5%16)[C@@]%15(OOC(C)(C)C)[C@]4(Nc1ccccc1)O[C@](O)([C@@]%11%14OOC(C)(C)C)[C@]3(O)[C@@]2%10O. The highest BCUT2D eigenvalue weighted by Crippen LogP contribution is 2.92. The van der Waals surface area contributed by atoms with E-state index in [2.05, 4.69) is 5.32 Å². The average Bonchev–Trinajstić information content (AvgIpc) is 1.38. The van der Waals surface area contributed by atoms with E-state index in [4.69, 9.17) is 43.8 Å². The summed E-state index contributed by atoms with van der Waals surface area (Å²) in [5.74, 6) is -3.18. The minimum Gasteiger partial charge on any atom is -0.377 e. The number of aliphatic hydroxyl groups is 3. The van der Waals surface area contributed by atoms with Gasteiger partial charge < -0.3 is 25.4 Å². The Kier molecular flexibility index (Phi) is 5.28. The van der Waals surface area contributed by atoms with Crippen LogP contribution >= 0.6 is 0 Å². The third-order valence-electron chi connectivity index (χ3n) is 27.8. The van der Waals surface area contributed by atoms with Crippen molar-refractivity contribution in [1.29, 1.82) is 0 Å². The molecular formula is C82H45NO12. The molecule has 0 fully saturated rings. The minimum atomic E-state index is -3.18. The molecule has 0 bridgehead atoms. The Hall–Kier alpha value is -8.22. The van der Waals surface area contributed by atoms with E-state index in [1.54, 1.807) is 0 Å². The number of anilines is 1. The van der Waals surface area contributed by atoms with Crippen molar-refractivity contribution >= 4 is 221 Å². The number of para-hydroxylation sites is 1. The van der Waals surface area contributed by atoms with Crippen molar-refractivity contribution in [2.45, 2.75) is 151 Å². The molecule has 0 radical (unpaired) electrons. The molecule has 13 heteroatoms. The van der Waals surface area contributed by atoms with Gasteiger partial charge in [0.15, 0.2) is 22.4 Å². The molecule has 10 aliphatic rings. The monoisotopic (exact) mass is 1240 g/mol. The molecule has 32 rings (SSSR count). The zero-order valence-electron chi connectivity index (χ0n) is 52.9. The van der Waals surface area contributed by atoms with E-state index in [1.165, 1.54) is 113 Å². The summed E-state index contributed by atoms with van der Waals surface area (Å²) >= 11 is 0.